The molecule has 26 heavy (non-hydrogen) atoms. The molecule has 0 unspecified atom stereocenters. The van der Waals surface area contributed by atoms with E-state index in [1.807, 2.05) is 44.2 Å². The van der Waals surface area contributed by atoms with Crippen molar-refractivity contribution < 1.29 is 14.3 Å². The molecule has 132 valence electrons. The average molecular weight is 349 g/mol. The zero-order valence-electron chi connectivity index (χ0n) is 14.7. The van der Waals surface area contributed by atoms with Crippen LogP contribution < -0.4 is 5.32 Å². The first-order valence-electron chi connectivity index (χ1n) is 8.37. The topological polar surface area (TPSA) is 49.3 Å². The van der Waals surface area contributed by atoms with Crippen LogP contribution in [0, 0.1) is 19.7 Å². The Kier molecular flexibility index (Phi) is 5.03. The second-order valence-corrected chi connectivity index (χ2v) is 6.40. The van der Waals surface area contributed by atoms with Crippen molar-refractivity contribution in [3.8, 4) is 11.1 Å². The largest absolute Gasteiger partial charge is 0.478 e. The first-order chi connectivity index (χ1) is 12.4. The number of aryl methyl sites for hydroxylation is 2. The minimum Gasteiger partial charge on any atom is -0.478 e. The summed E-state index contributed by atoms with van der Waals surface area (Å²) in [6, 6.07) is 17.9. The number of halogens is 1. The predicted octanol–water partition coefficient (Wildman–Crippen LogP) is 5.42. The molecule has 2 N–H and O–H groups in total. The maximum absolute atomic E-state index is 14.5. The lowest BCUT2D eigenvalue weighted by atomic mass is 10.0. The zero-order chi connectivity index (χ0) is 18.7. The standard InChI is InChI=1S/C22H20FNO2/c1-14-8-15(2)10-16(9-14)13-24-21-12-18(17-6-4-3-5-7-17)20(23)11-19(21)22(25)26/h3-12,24H,13H2,1-2H3,(H,25,26). The summed E-state index contributed by atoms with van der Waals surface area (Å²) in [4.78, 5) is 11.5. The van der Waals surface area contributed by atoms with Crippen molar-refractivity contribution in [1.29, 1.82) is 0 Å². The van der Waals surface area contributed by atoms with Gasteiger partial charge in [0.15, 0.2) is 0 Å². The summed E-state index contributed by atoms with van der Waals surface area (Å²) in [5, 5.41) is 12.6. The number of carbonyl (C=O) groups is 1. The summed E-state index contributed by atoms with van der Waals surface area (Å²) >= 11 is 0. The van der Waals surface area contributed by atoms with Crippen molar-refractivity contribution in [1.82, 2.24) is 0 Å². The van der Waals surface area contributed by atoms with Gasteiger partial charge in [-0.3, -0.25) is 0 Å². The molecule has 3 aromatic carbocycles. The fraction of sp³-hybridized carbons (Fsp3) is 0.136. The summed E-state index contributed by atoms with van der Waals surface area (Å²) in [7, 11) is 0. The van der Waals surface area contributed by atoms with Crippen molar-refractivity contribution >= 4 is 11.7 Å². The molecular formula is C22H20FNO2. The van der Waals surface area contributed by atoms with Gasteiger partial charge >= 0.3 is 5.97 Å². The molecule has 0 bridgehead atoms. The van der Waals surface area contributed by atoms with E-state index in [0.29, 0.717) is 23.4 Å². The lowest BCUT2D eigenvalue weighted by Crippen LogP contribution is -2.08. The van der Waals surface area contributed by atoms with Gasteiger partial charge in [-0.15, -0.1) is 0 Å². The lowest BCUT2D eigenvalue weighted by Gasteiger charge is -2.14. The quantitative estimate of drug-likeness (QED) is 0.646. The average Bonchev–Trinajstić information content (AvgIpc) is 2.60. The van der Waals surface area contributed by atoms with E-state index >= 15 is 0 Å². The van der Waals surface area contributed by atoms with Crippen molar-refractivity contribution in [2.24, 2.45) is 0 Å². The van der Waals surface area contributed by atoms with E-state index in [0.717, 1.165) is 22.8 Å². The highest BCUT2D eigenvalue weighted by atomic mass is 19.1. The normalized spacial score (nSPS) is 10.6. The third-order valence-corrected chi connectivity index (χ3v) is 4.19. The van der Waals surface area contributed by atoms with Crippen molar-refractivity contribution in [2.45, 2.75) is 20.4 Å². The Hall–Kier alpha value is -3.14. The Bertz CT molecular complexity index is 932. The molecule has 0 aliphatic carbocycles. The van der Waals surface area contributed by atoms with Gasteiger partial charge in [-0.05, 0) is 37.1 Å². The minimum absolute atomic E-state index is 0.0773. The molecule has 0 amide bonds. The van der Waals surface area contributed by atoms with Crippen LogP contribution in [-0.4, -0.2) is 11.1 Å². The van der Waals surface area contributed by atoms with Crippen LogP contribution in [0.25, 0.3) is 11.1 Å². The van der Waals surface area contributed by atoms with Crippen LogP contribution >= 0.6 is 0 Å². The first-order valence-corrected chi connectivity index (χ1v) is 8.37. The Balaban J connectivity index is 1.97. The van der Waals surface area contributed by atoms with Gasteiger partial charge in [0.1, 0.15) is 5.82 Å². The maximum atomic E-state index is 14.5. The highest BCUT2D eigenvalue weighted by Gasteiger charge is 2.16. The first kappa shape index (κ1) is 17.7. The van der Waals surface area contributed by atoms with Crippen LogP contribution in [0.1, 0.15) is 27.0 Å². The van der Waals surface area contributed by atoms with Gasteiger partial charge < -0.3 is 10.4 Å². The molecule has 0 heterocycles. The molecule has 0 atom stereocenters. The number of hydrogen-bond donors (Lipinski definition) is 2. The van der Waals surface area contributed by atoms with E-state index in [-0.39, 0.29) is 5.56 Å². The van der Waals surface area contributed by atoms with Gasteiger partial charge in [-0.2, -0.15) is 0 Å². The SMILES string of the molecule is Cc1cc(C)cc(CNc2cc(-c3ccccc3)c(F)cc2C(=O)O)c1. The van der Waals surface area contributed by atoms with Gasteiger partial charge in [0, 0.05) is 17.8 Å². The van der Waals surface area contributed by atoms with Crippen molar-refractivity contribution in [3.05, 3.63) is 88.7 Å². The van der Waals surface area contributed by atoms with Gasteiger partial charge in [0.05, 0.1) is 5.56 Å². The second kappa shape index (κ2) is 7.40. The van der Waals surface area contributed by atoms with Crippen LogP contribution in [0.2, 0.25) is 0 Å². The van der Waals surface area contributed by atoms with Gasteiger partial charge in [0.25, 0.3) is 0 Å². The molecule has 0 spiro atoms. The highest BCUT2D eigenvalue weighted by Crippen LogP contribution is 2.29. The maximum Gasteiger partial charge on any atom is 0.337 e. The summed E-state index contributed by atoms with van der Waals surface area (Å²) in [6.07, 6.45) is 0. The molecule has 0 saturated heterocycles. The third-order valence-electron chi connectivity index (χ3n) is 4.19. The van der Waals surface area contributed by atoms with Gasteiger partial charge in [0.2, 0.25) is 0 Å². The molecule has 4 heteroatoms. The van der Waals surface area contributed by atoms with E-state index in [1.54, 1.807) is 18.2 Å². The van der Waals surface area contributed by atoms with E-state index in [2.05, 4.69) is 11.4 Å². The molecular weight excluding hydrogens is 329 g/mol. The fourth-order valence-electron chi connectivity index (χ4n) is 3.10. The van der Waals surface area contributed by atoms with E-state index in [9.17, 15) is 14.3 Å². The molecule has 3 aromatic rings. The Morgan fingerprint density at radius 1 is 1.00 bits per heavy atom. The molecule has 3 rings (SSSR count). The van der Waals surface area contributed by atoms with Crippen LogP contribution in [0.3, 0.4) is 0 Å². The Labute approximate surface area is 152 Å². The molecule has 0 fully saturated rings. The predicted molar refractivity (Wildman–Crippen MR) is 102 cm³/mol. The van der Waals surface area contributed by atoms with Crippen LogP contribution in [0.4, 0.5) is 10.1 Å². The number of carboxylic acid groups (broad SMARTS) is 1. The number of benzene rings is 3. The monoisotopic (exact) mass is 349 g/mol. The number of nitrogens with one attached hydrogen (secondary N) is 1. The highest BCUT2D eigenvalue weighted by molar-refractivity contribution is 5.95. The molecule has 0 aromatic heterocycles. The Morgan fingerprint density at radius 2 is 1.65 bits per heavy atom. The smallest absolute Gasteiger partial charge is 0.337 e. The van der Waals surface area contributed by atoms with Crippen LogP contribution in [0.5, 0.6) is 0 Å². The number of carboxylic acids is 1. The molecule has 0 aliphatic rings. The lowest BCUT2D eigenvalue weighted by molar-refractivity contribution is 0.0697. The van der Waals surface area contributed by atoms with Gasteiger partial charge in [-0.25, -0.2) is 9.18 Å². The van der Waals surface area contributed by atoms with Crippen molar-refractivity contribution in [3.63, 3.8) is 0 Å². The molecule has 0 saturated carbocycles. The van der Waals surface area contributed by atoms with E-state index in [1.165, 1.54) is 0 Å². The number of anilines is 1. The number of hydrogen-bond acceptors (Lipinski definition) is 2. The summed E-state index contributed by atoms with van der Waals surface area (Å²) in [5.74, 6) is -1.71. The van der Waals surface area contributed by atoms with Gasteiger partial charge in [-0.1, -0.05) is 59.7 Å². The van der Waals surface area contributed by atoms with Crippen LogP contribution in [-0.2, 0) is 6.54 Å². The molecule has 0 radical (unpaired) electrons. The molecule has 0 aliphatic heterocycles. The summed E-state index contributed by atoms with van der Waals surface area (Å²) in [5.41, 5.74) is 4.73. The second-order valence-electron chi connectivity index (χ2n) is 6.40. The number of rotatable bonds is 5. The van der Waals surface area contributed by atoms with Crippen molar-refractivity contribution in [2.75, 3.05) is 5.32 Å². The zero-order valence-corrected chi connectivity index (χ0v) is 14.7. The number of aromatic carboxylic acids is 1. The Morgan fingerprint density at radius 3 is 2.27 bits per heavy atom. The van der Waals surface area contributed by atoms with Crippen LogP contribution in [0.15, 0.2) is 60.7 Å². The molecule has 3 nitrogen and oxygen atoms in total. The fourth-order valence-corrected chi connectivity index (χ4v) is 3.10. The van der Waals surface area contributed by atoms with E-state index < -0.39 is 11.8 Å². The summed E-state index contributed by atoms with van der Waals surface area (Å²) in [6.45, 7) is 4.50. The van der Waals surface area contributed by atoms with E-state index in [4.69, 9.17) is 0 Å². The summed E-state index contributed by atoms with van der Waals surface area (Å²) < 4.78 is 14.5. The minimum atomic E-state index is -1.16. The third kappa shape index (κ3) is 3.91.